The van der Waals surface area contributed by atoms with Crippen LogP contribution < -0.4 is 5.32 Å². The molecule has 0 fully saturated rings. The topological polar surface area (TPSA) is 83.8 Å². The summed E-state index contributed by atoms with van der Waals surface area (Å²) in [6, 6.07) is 5.83. The van der Waals surface area contributed by atoms with E-state index >= 15 is 0 Å². The van der Waals surface area contributed by atoms with Crippen LogP contribution in [0.1, 0.15) is 34.6 Å². The van der Waals surface area contributed by atoms with Crippen LogP contribution in [0.25, 0.3) is 11.0 Å². The van der Waals surface area contributed by atoms with Gasteiger partial charge < -0.3 is 14.8 Å². The van der Waals surface area contributed by atoms with Gasteiger partial charge in [-0.05, 0) is 24.6 Å². The molecule has 1 amide bonds. The predicted molar refractivity (Wildman–Crippen MR) is 78.1 cm³/mol. The highest BCUT2D eigenvalue weighted by atomic mass is 19.4. The monoisotopic (exact) mass is 338 g/mol. The minimum Gasteiger partial charge on any atom is -0.359 e. The zero-order valence-electron chi connectivity index (χ0n) is 12.6. The summed E-state index contributed by atoms with van der Waals surface area (Å²) >= 11 is 0. The molecule has 0 aliphatic carbocycles. The minimum atomic E-state index is -4.56. The number of halogens is 3. The second kappa shape index (κ2) is 5.99. The highest BCUT2D eigenvalue weighted by Crippen LogP contribution is 2.28. The number of H-pyrrole nitrogens is 1. The molecular formula is C15H13F3N4O2. The van der Waals surface area contributed by atoms with E-state index in [9.17, 15) is 18.0 Å². The maximum Gasteiger partial charge on any atom is 0.449 e. The van der Waals surface area contributed by atoms with Crippen LogP contribution in [0.3, 0.4) is 0 Å². The van der Waals surface area contributed by atoms with E-state index in [1.165, 1.54) is 18.2 Å². The van der Waals surface area contributed by atoms with Crippen LogP contribution in [0.15, 0.2) is 28.8 Å². The van der Waals surface area contributed by atoms with Crippen LogP contribution in [0.4, 0.5) is 13.2 Å². The minimum absolute atomic E-state index is 0.140. The predicted octanol–water partition coefficient (Wildman–Crippen LogP) is 3.06. The van der Waals surface area contributed by atoms with Crippen molar-refractivity contribution in [2.75, 3.05) is 0 Å². The fraction of sp³-hybridized carbons (Fsp3) is 0.267. The second-order valence-electron chi connectivity index (χ2n) is 5.14. The standard InChI is InChI=1S/C15H13F3N4O2/c1-2-9-6-10(24-22-9)7-19-13(23)8-3-4-11-12(5-8)21-14(20-11)15(16,17)18/h3-6H,2,7H2,1H3,(H,19,23)(H,20,21). The van der Waals surface area contributed by atoms with Crippen molar-refractivity contribution in [3.63, 3.8) is 0 Å². The number of aryl methyl sites for hydroxylation is 1. The maximum absolute atomic E-state index is 12.6. The number of amides is 1. The van der Waals surface area contributed by atoms with E-state index in [1.807, 2.05) is 6.92 Å². The van der Waals surface area contributed by atoms with Gasteiger partial charge in [-0.1, -0.05) is 12.1 Å². The Morgan fingerprint density at radius 1 is 1.33 bits per heavy atom. The fourth-order valence-corrected chi connectivity index (χ4v) is 2.16. The smallest absolute Gasteiger partial charge is 0.359 e. The molecule has 0 spiro atoms. The second-order valence-corrected chi connectivity index (χ2v) is 5.14. The molecule has 24 heavy (non-hydrogen) atoms. The van der Waals surface area contributed by atoms with Gasteiger partial charge in [0.15, 0.2) is 5.76 Å². The lowest BCUT2D eigenvalue weighted by atomic mass is 10.2. The Bertz CT molecular complexity index is 882. The van der Waals surface area contributed by atoms with Gasteiger partial charge in [-0.3, -0.25) is 4.79 Å². The van der Waals surface area contributed by atoms with Gasteiger partial charge in [0.25, 0.3) is 5.91 Å². The lowest BCUT2D eigenvalue weighted by Crippen LogP contribution is -2.22. The van der Waals surface area contributed by atoms with Crippen molar-refractivity contribution in [1.29, 1.82) is 0 Å². The largest absolute Gasteiger partial charge is 0.449 e. The Morgan fingerprint density at radius 3 is 2.79 bits per heavy atom. The third kappa shape index (κ3) is 3.24. The highest BCUT2D eigenvalue weighted by Gasteiger charge is 2.34. The van der Waals surface area contributed by atoms with Crippen LogP contribution in [-0.4, -0.2) is 21.0 Å². The summed E-state index contributed by atoms with van der Waals surface area (Å²) in [5.74, 6) is -1.03. The van der Waals surface area contributed by atoms with Crippen LogP contribution in [0.2, 0.25) is 0 Å². The number of aromatic nitrogens is 3. The first kappa shape index (κ1) is 16.0. The quantitative estimate of drug-likeness (QED) is 0.766. The van der Waals surface area contributed by atoms with Crippen molar-refractivity contribution >= 4 is 16.9 Å². The van der Waals surface area contributed by atoms with Crippen molar-refractivity contribution in [2.24, 2.45) is 0 Å². The van der Waals surface area contributed by atoms with E-state index in [1.54, 1.807) is 6.07 Å². The molecule has 3 aromatic rings. The molecule has 3 rings (SSSR count). The average molecular weight is 338 g/mol. The molecule has 0 aliphatic heterocycles. The highest BCUT2D eigenvalue weighted by molar-refractivity contribution is 5.97. The zero-order chi connectivity index (χ0) is 17.3. The van der Waals surface area contributed by atoms with Gasteiger partial charge in [0.1, 0.15) is 0 Å². The van der Waals surface area contributed by atoms with Crippen molar-refractivity contribution in [1.82, 2.24) is 20.4 Å². The third-order valence-corrected chi connectivity index (χ3v) is 3.41. The molecule has 1 aromatic carbocycles. The van der Waals surface area contributed by atoms with E-state index in [2.05, 4.69) is 20.4 Å². The molecule has 2 heterocycles. The van der Waals surface area contributed by atoms with E-state index in [4.69, 9.17) is 4.52 Å². The SMILES string of the molecule is CCc1cc(CNC(=O)c2ccc3nc(C(F)(F)F)[nH]c3c2)on1. The molecule has 6 nitrogen and oxygen atoms in total. The van der Waals surface area contributed by atoms with Crippen molar-refractivity contribution in [3.8, 4) is 0 Å². The van der Waals surface area contributed by atoms with Gasteiger partial charge in [0.05, 0.1) is 23.3 Å². The zero-order valence-corrected chi connectivity index (χ0v) is 12.6. The summed E-state index contributed by atoms with van der Waals surface area (Å²) in [5.41, 5.74) is 1.28. The molecule has 9 heteroatoms. The number of carbonyl (C=O) groups is 1. The van der Waals surface area contributed by atoms with Crippen molar-refractivity contribution in [2.45, 2.75) is 26.1 Å². The number of nitrogens with one attached hydrogen (secondary N) is 2. The fourth-order valence-electron chi connectivity index (χ4n) is 2.16. The summed E-state index contributed by atoms with van der Waals surface area (Å²) in [5, 5.41) is 6.43. The number of hydrogen-bond acceptors (Lipinski definition) is 4. The summed E-state index contributed by atoms with van der Waals surface area (Å²) in [4.78, 5) is 17.7. The number of fused-ring (bicyclic) bond motifs is 1. The first-order valence-corrected chi connectivity index (χ1v) is 7.16. The molecule has 0 aliphatic rings. The molecule has 0 unspecified atom stereocenters. The lowest BCUT2D eigenvalue weighted by molar-refractivity contribution is -0.144. The number of rotatable bonds is 4. The number of nitrogens with zero attached hydrogens (tertiary/aromatic N) is 2. The van der Waals surface area contributed by atoms with Gasteiger partial charge in [0.2, 0.25) is 5.82 Å². The Balaban J connectivity index is 1.74. The number of aromatic amines is 1. The van der Waals surface area contributed by atoms with Crippen LogP contribution in [0.5, 0.6) is 0 Å². The van der Waals surface area contributed by atoms with E-state index in [0.717, 1.165) is 12.1 Å². The first-order valence-electron chi connectivity index (χ1n) is 7.16. The average Bonchev–Trinajstić information content (AvgIpc) is 3.17. The number of carbonyl (C=O) groups excluding carboxylic acids is 1. The van der Waals surface area contributed by atoms with Crippen LogP contribution in [0, 0.1) is 0 Å². The summed E-state index contributed by atoms with van der Waals surface area (Å²) in [6.45, 7) is 2.07. The normalized spacial score (nSPS) is 11.8. The maximum atomic E-state index is 12.6. The molecule has 126 valence electrons. The molecule has 0 atom stereocenters. The Morgan fingerprint density at radius 2 is 2.12 bits per heavy atom. The van der Waals surface area contributed by atoms with E-state index in [0.29, 0.717) is 5.76 Å². The van der Waals surface area contributed by atoms with Gasteiger partial charge in [-0.25, -0.2) is 4.98 Å². The molecule has 0 saturated carbocycles. The summed E-state index contributed by atoms with van der Waals surface area (Å²) in [6.07, 6.45) is -3.85. The van der Waals surface area contributed by atoms with E-state index in [-0.39, 0.29) is 23.1 Å². The molecule has 0 bridgehead atoms. The molecule has 2 aromatic heterocycles. The van der Waals surface area contributed by atoms with Gasteiger partial charge in [0, 0.05) is 11.6 Å². The van der Waals surface area contributed by atoms with E-state index < -0.39 is 17.9 Å². The molecular weight excluding hydrogens is 325 g/mol. The molecule has 0 saturated heterocycles. The first-order chi connectivity index (χ1) is 11.4. The van der Waals surface area contributed by atoms with Crippen LogP contribution in [-0.2, 0) is 19.1 Å². The van der Waals surface area contributed by atoms with Gasteiger partial charge >= 0.3 is 6.18 Å². The Hall–Kier alpha value is -2.84. The Kier molecular flexibility index (Phi) is 4.00. The van der Waals surface area contributed by atoms with Crippen LogP contribution >= 0.6 is 0 Å². The van der Waals surface area contributed by atoms with Gasteiger partial charge in [-0.15, -0.1) is 0 Å². The summed E-state index contributed by atoms with van der Waals surface area (Å²) < 4.78 is 43.0. The summed E-state index contributed by atoms with van der Waals surface area (Å²) in [7, 11) is 0. The number of imidazole rings is 1. The van der Waals surface area contributed by atoms with Crippen molar-refractivity contribution in [3.05, 3.63) is 47.1 Å². The number of alkyl halides is 3. The van der Waals surface area contributed by atoms with Crippen molar-refractivity contribution < 1.29 is 22.5 Å². The molecule has 0 radical (unpaired) electrons. The third-order valence-electron chi connectivity index (χ3n) is 3.41. The van der Waals surface area contributed by atoms with Gasteiger partial charge in [-0.2, -0.15) is 13.2 Å². The Labute approximate surface area is 134 Å². The number of benzene rings is 1. The number of hydrogen-bond donors (Lipinski definition) is 2. The lowest BCUT2D eigenvalue weighted by Gasteiger charge is -2.02. The molecule has 2 N–H and O–H groups in total.